The van der Waals surface area contributed by atoms with E-state index in [0.717, 1.165) is 60.2 Å². The van der Waals surface area contributed by atoms with Crippen molar-refractivity contribution in [2.75, 3.05) is 13.7 Å². The molecule has 0 spiro atoms. The molecule has 3 aromatic heterocycles. The van der Waals surface area contributed by atoms with E-state index < -0.39 is 5.60 Å². The number of hydrogen-bond donors (Lipinski definition) is 1. The molecule has 1 N–H and O–H groups in total. The number of halogens is 1. The Labute approximate surface area is 210 Å². The van der Waals surface area contributed by atoms with Gasteiger partial charge in [-0.15, -0.1) is 0 Å². The third-order valence-electron chi connectivity index (χ3n) is 8.28. The molecule has 1 saturated carbocycles. The quantitative estimate of drug-likeness (QED) is 0.432. The predicted molar refractivity (Wildman–Crippen MR) is 136 cm³/mol. The molecule has 0 unspecified atom stereocenters. The van der Waals surface area contributed by atoms with Gasteiger partial charge in [0.15, 0.2) is 5.65 Å². The van der Waals surface area contributed by atoms with Crippen LogP contribution >= 0.6 is 0 Å². The molecule has 3 heterocycles. The number of pyridine rings is 2. The Balaban J connectivity index is 1.49. The molecule has 186 valence electrons. The van der Waals surface area contributed by atoms with Gasteiger partial charge in [0.25, 0.3) is 0 Å². The number of ether oxygens (including phenoxy) is 1. The minimum absolute atomic E-state index is 0.167. The van der Waals surface area contributed by atoms with Crippen LogP contribution < -0.4 is 0 Å². The lowest BCUT2D eigenvalue weighted by Crippen LogP contribution is -2.51. The summed E-state index contributed by atoms with van der Waals surface area (Å²) in [6, 6.07) is 14.7. The van der Waals surface area contributed by atoms with E-state index in [2.05, 4.69) is 17.2 Å². The summed E-state index contributed by atoms with van der Waals surface area (Å²) >= 11 is 0. The van der Waals surface area contributed by atoms with E-state index in [-0.39, 0.29) is 11.2 Å². The van der Waals surface area contributed by atoms with Crippen LogP contribution in [0.25, 0.3) is 16.7 Å². The number of fused-ring (bicyclic) bond motifs is 4. The second-order valence-corrected chi connectivity index (χ2v) is 10.5. The topological polar surface area (TPSA) is 73.1 Å². The van der Waals surface area contributed by atoms with Gasteiger partial charge in [-0.3, -0.25) is 4.98 Å². The monoisotopic (exact) mass is 486 g/mol. The summed E-state index contributed by atoms with van der Waals surface area (Å²) in [5.41, 5.74) is 4.04. The first kappa shape index (κ1) is 23.3. The van der Waals surface area contributed by atoms with Crippen LogP contribution in [-0.4, -0.2) is 44.2 Å². The predicted octanol–water partition coefficient (Wildman–Crippen LogP) is 4.95. The molecule has 4 aromatic rings. The Morgan fingerprint density at radius 3 is 2.81 bits per heavy atom. The van der Waals surface area contributed by atoms with Crippen LogP contribution in [0.5, 0.6) is 0 Å². The van der Waals surface area contributed by atoms with Gasteiger partial charge in [0, 0.05) is 35.5 Å². The molecule has 0 bridgehead atoms. The summed E-state index contributed by atoms with van der Waals surface area (Å²) in [6.07, 6.45) is 9.67. The lowest BCUT2D eigenvalue weighted by Gasteiger charge is -2.50. The van der Waals surface area contributed by atoms with Crippen molar-refractivity contribution >= 4 is 11.0 Å². The van der Waals surface area contributed by atoms with Crippen LogP contribution in [0.15, 0.2) is 60.9 Å². The van der Waals surface area contributed by atoms with Crippen molar-refractivity contribution in [2.24, 2.45) is 5.92 Å². The highest BCUT2D eigenvalue weighted by molar-refractivity contribution is 5.78. The minimum Gasteiger partial charge on any atom is -0.387 e. The molecule has 6 nitrogen and oxygen atoms in total. The number of benzene rings is 1. The van der Waals surface area contributed by atoms with Gasteiger partial charge in [0.05, 0.1) is 24.1 Å². The molecule has 2 aliphatic rings. The lowest BCUT2D eigenvalue weighted by atomic mass is 9.56. The van der Waals surface area contributed by atoms with E-state index in [0.29, 0.717) is 25.4 Å². The molecule has 36 heavy (non-hydrogen) atoms. The van der Waals surface area contributed by atoms with Crippen molar-refractivity contribution in [1.82, 2.24) is 19.7 Å². The third-order valence-corrected chi connectivity index (χ3v) is 8.28. The van der Waals surface area contributed by atoms with Gasteiger partial charge in [-0.25, -0.2) is 14.1 Å². The summed E-state index contributed by atoms with van der Waals surface area (Å²) in [6.45, 7) is 0.359. The van der Waals surface area contributed by atoms with E-state index >= 15 is 0 Å². The highest BCUT2D eigenvalue weighted by Gasteiger charge is 2.51. The fraction of sp³-hybridized carbons (Fsp3) is 0.414. The van der Waals surface area contributed by atoms with Crippen molar-refractivity contribution in [3.8, 4) is 5.69 Å². The molecule has 0 radical (unpaired) electrons. The zero-order chi connectivity index (χ0) is 24.8. The first-order valence-corrected chi connectivity index (χ1v) is 12.8. The summed E-state index contributed by atoms with van der Waals surface area (Å²) in [5.74, 6) is 0.0197. The first-order chi connectivity index (χ1) is 17.5. The molecule has 1 fully saturated rings. The Kier molecular flexibility index (Phi) is 5.85. The van der Waals surface area contributed by atoms with Crippen LogP contribution in [0.1, 0.15) is 49.1 Å². The molecular weight excluding hydrogens is 455 g/mol. The Bertz CT molecular complexity index is 1370. The molecule has 0 amide bonds. The summed E-state index contributed by atoms with van der Waals surface area (Å²) < 4.78 is 20.7. The van der Waals surface area contributed by atoms with Gasteiger partial charge < -0.3 is 9.84 Å². The fourth-order valence-corrected chi connectivity index (χ4v) is 6.61. The Morgan fingerprint density at radius 2 is 2.03 bits per heavy atom. The second-order valence-electron chi connectivity index (χ2n) is 10.5. The molecule has 6 rings (SSSR count). The van der Waals surface area contributed by atoms with Crippen molar-refractivity contribution in [3.63, 3.8) is 0 Å². The number of aliphatic hydroxyl groups is 1. The van der Waals surface area contributed by atoms with E-state index in [1.165, 1.54) is 17.7 Å². The maximum Gasteiger partial charge on any atom is 0.163 e. The molecule has 7 heteroatoms. The van der Waals surface area contributed by atoms with Crippen LogP contribution in [0.3, 0.4) is 0 Å². The summed E-state index contributed by atoms with van der Waals surface area (Å²) in [7, 11) is 1.66. The van der Waals surface area contributed by atoms with E-state index in [9.17, 15) is 9.50 Å². The van der Waals surface area contributed by atoms with E-state index in [4.69, 9.17) is 14.7 Å². The van der Waals surface area contributed by atoms with E-state index in [1.807, 2.05) is 24.5 Å². The Hall–Kier alpha value is -3.16. The molecule has 0 aliphatic heterocycles. The average molecular weight is 487 g/mol. The summed E-state index contributed by atoms with van der Waals surface area (Å²) in [5, 5.41) is 16.9. The van der Waals surface area contributed by atoms with E-state index in [1.54, 1.807) is 23.9 Å². The van der Waals surface area contributed by atoms with Crippen molar-refractivity contribution in [2.45, 2.75) is 56.0 Å². The Morgan fingerprint density at radius 1 is 1.17 bits per heavy atom. The normalized spacial score (nSPS) is 25.8. The van der Waals surface area contributed by atoms with Gasteiger partial charge in [-0.2, -0.15) is 5.10 Å². The highest BCUT2D eigenvalue weighted by atomic mass is 19.1. The average Bonchev–Trinajstić information content (AvgIpc) is 3.23. The third kappa shape index (κ3) is 4.00. The standard InChI is InChI=1S/C29H31FN4O2/c1-36-19-28(35)12-13-29(17-23-6-2-3-14-31-23)21(16-28)5-4-7-26-25(29)15-20-18-32-34(27(20)33-26)24-10-8-22(30)9-11-24/h2-3,6,8-11,14-15,18,21,35H,4-5,7,12-13,16-17,19H2,1H3/t21-,28+,29-/m0/s1. The SMILES string of the molecule is COC[C@@]1(O)CC[C@@]2(Cc3ccccn3)c3cc4cnn(-c5ccc(F)cc5)c4nc3CCC[C@H]2C1. The van der Waals surface area contributed by atoms with Crippen molar-refractivity contribution in [1.29, 1.82) is 0 Å². The second kappa shape index (κ2) is 9.05. The van der Waals surface area contributed by atoms with Crippen molar-refractivity contribution in [3.05, 3.63) is 83.7 Å². The van der Waals surface area contributed by atoms with Gasteiger partial charge in [-0.05, 0) is 98.9 Å². The zero-order valence-corrected chi connectivity index (χ0v) is 20.5. The maximum absolute atomic E-state index is 13.5. The molecule has 2 aliphatic carbocycles. The van der Waals surface area contributed by atoms with Crippen LogP contribution in [0.4, 0.5) is 4.39 Å². The fourth-order valence-electron chi connectivity index (χ4n) is 6.61. The molecule has 3 atom stereocenters. The smallest absolute Gasteiger partial charge is 0.163 e. The van der Waals surface area contributed by atoms with Gasteiger partial charge in [0.1, 0.15) is 5.82 Å². The number of aryl methyl sites for hydroxylation is 1. The summed E-state index contributed by atoms with van der Waals surface area (Å²) in [4.78, 5) is 9.88. The van der Waals surface area contributed by atoms with Crippen LogP contribution in [0.2, 0.25) is 0 Å². The first-order valence-electron chi connectivity index (χ1n) is 12.8. The van der Waals surface area contributed by atoms with Gasteiger partial charge in [0.2, 0.25) is 0 Å². The number of methoxy groups -OCH3 is 1. The van der Waals surface area contributed by atoms with Crippen LogP contribution in [0, 0.1) is 11.7 Å². The number of hydrogen-bond acceptors (Lipinski definition) is 5. The largest absolute Gasteiger partial charge is 0.387 e. The number of rotatable bonds is 5. The number of nitrogens with zero attached hydrogens (tertiary/aromatic N) is 4. The molecule has 1 aromatic carbocycles. The van der Waals surface area contributed by atoms with Gasteiger partial charge >= 0.3 is 0 Å². The lowest BCUT2D eigenvalue weighted by molar-refractivity contribution is -0.0899. The maximum atomic E-state index is 13.5. The number of aromatic nitrogens is 4. The van der Waals surface area contributed by atoms with Crippen LogP contribution in [-0.2, 0) is 23.0 Å². The van der Waals surface area contributed by atoms with Crippen molar-refractivity contribution < 1.29 is 14.2 Å². The molecular formula is C29H31FN4O2. The molecule has 0 saturated heterocycles. The zero-order valence-electron chi connectivity index (χ0n) is 20.5. The highest BCUT2D eigenvalue weighted by Crippen LogP contribution is 2.53. The minimum atomic E-state index is -0.803. The van der Waals surface area contributed by atoms with Gasteiger partial charge in [-0.1, -0.05) is 6.07 Å².